The molecule has 0 spiro atoms. The number of rotatable bonds is 8. The van der Waals surface area contributed by atoms with Gasteiger partial charge < -0.3 is 59.1 Å². The quantitative estimate of drug-likeness (QED) is 0.110. The standard InChI is InChI=1S/C31H28O14/c1-41-20-10-15(5-8-18(20)34)29-30(26(38)24-19(35)11-17(33)12-21(24)43-29)45-31-28(40)27(39)25(37)22(44-31)13-42-23(36)9-4-14-2-6-16(32)7-3-14/h2-12,22,25,27-28,31-35,37,39-40H,13H2,1H3/t22-,25-,27+,28-,31+/m1/s1. The first-order valence-electron chi connectivity index (χ1n) is 13.4. The molecule has 1 saturated heterocycles. The molecule has 0 aliphatic carbocycles. The minimum Gasteiger partial charge on any atom is -0.508 e. The highest BCUT2D eigenvalue weighted by molar-refractivity contribution is 5.88. The topological polar surface area (TPSA) is 226 Å². The highest BCUT2D eigenvalue weighted by Crippen LogP contribution is 2.39. The maximum atomic E-state index is 13.7. The van der Waals surface area contributed by atoms with Crippen LogP contribution < -0.4 is 14.9 Å². The summed E-state index contributed by atoms with van der Waals surface area (Å²) in [4.78, 5) is 26.0. The van der Waals surface area contributed by atoms with Gasteiger partial charge in [-0.15, -0.1) is 0 Å². The van der Waals surface area contributed by atoms with Crippen molar-refractivity contribution >= 4 is 23.0 Å². The van der Waals surface area contributed by atoms with E-state index in [4.69, 9.17) is 23.4 Å². The number of phenols is 4. The molecule has 4 aromatic rings. The third-order valence-corrected chi connectivity index (χ3v) is 6.96. The molecule has 14 nitrogen and oxygen atoms in total. The van der Waals surface area contributed by atoms with E-state index in [-0.39, 0.29) is 34.2 Å². The van der Waals surface area contributed by atoms with Crippen LogP contribution in [0.3, 0.4) is 0 Å². The monoisotopic (exact) mass is 624 g/mol. The zero-order valence-corrected chi connectivity index (χ0v) is 23.4. The highest BCUT2D eigenvalue weighted by atomic mass is 16.7. The summed E-state index contributed by atoms with van der Waals surface area (Å²) in [5, 5.41) is 71.2. The summed E-state index contributed by atoms with van der Waals surface area (Å²) in [5.41, 5.74) is -0.492. The molecule has 0 radical (unpaired) electrons. The summed E-state index contributed by atoms with van der Waals surface area (Å²) in [5.74, 6) is -3.01. The van der Waals surface area contributed by atoms with Crippen LogP contribution in [0.4, 0.5) is 0 Å². The van der Waals surface area contributed by atoms with Crippen molar-refractivity contribution in [1.82, 2.24) is 0 Å². The average Bonchev–Trinajstić information content (AvgIpc) is 3.01. The summed E-state index contributed by atoms with van der Waals surface area (Å²) in [6.07, 6.45) is -6.31. The first kappa shape index (κ1) is 31.2. The normalized spacial score (nSPS) is 21.6. The van der Waals surface area contributed by atoms with Crippen molar-refractivity contribution in [1.29, 1.82) is 0 Å². The Bertz CT molecular complexity index is 1800. The lowest BCUT2D eigenvalue weighted by atomic mass is 9.99. The van der Waals surface area contributed by atoms with Crippen LogP contribution in [0.2, 0.25) is 0 Å². The summed E-state index contributed by atoms with van der Waals surface area (Å²) in [6.45, 7) is -0.599. The Balaban J connectivity index is 1.45. The number of carbonyl (C=O) groups is 1. The number of aromatic hydroxyl groups is 4. The predicted molar refractivity (Wildman–Crippen MR) is 155 cm³/mol. The van der Waals surface area contributed by atoms with Crippen LogP contribution in [0.15, 0.2) is 69.9 Å². The molecular formula is C31H28O14. The lowest BCUT2D eigenvalue weighted by Gasteiger charge is -2.39. The molecule has 1 aliphatic heterocycles. The minimum atomic E-state index is -1.92. The van der Waals surface area contributed by atoms with Gasteiger partial charge in [-0.2, -0.15) is 0 Å². The number of aliphatic hydroxyl groups is 3. The predicted octanol–water partition coefficient (Wildman–Crippen LogP) is 1.73. The van der Waals surface area contributed by atoms with Crippen molar-refractivity contribution in [3.05, 3.63) is 76.5 Å². The van der Waals surface area contributed by atoms with Gasteiger partial charge in [-0.25, -0.2) is 4.79 Å². The third kappa shape index (κ3) is 6.49. The molecule has 3 aromatic carbocycles. The zero-order chi connectivity index (χ0) is 32.4. The molecule has 5 atom stereocenters. The van der Waals surface area contributed by atoms with Gasteiger partial charge in [-0.05, 0) is 42.0 Å². The smallest absolute Gasteiger partial charge is 0.330 e. The summed E-state index contributed by atoms with van der Waals surface area (Å²) in [6, 6.07) is 11.8. The molecule has 236 valence electrons. The minimum absolute atomic E-state index is 0.00575. The number of hydrogen-bond donors (Lipinski definition) is 7. The van der Waals surface area contributed by atoms with Gasteiger partial charge in [0.15, 0.2) is 17.3 Å². The van der Waals surface area contributed by atoms with Crippen molar-refractivity contribution in [3.63, 3.8) is 0 Å². The van der Waals surface area contributed by atoms with E-state index in [0.717, 1.165) is 18.2 Å². The number of esters is 1. The number of phenolic OH excluding ortho intramolecular Hbond substituents is 4. The first-order chi connectivity index (χ1) is 21.5. The summed E-state index contributed by atoms with van der Waals surface area (Å²) in [7, 11) is 1.29. The molecule has 1 fully saturated rings. The van der Waals surface area contributed by atoms with Crippen molar-refractivity contribution in [2.24, 2.45) is 0 Å². The lowest BCUT2D eigenvalue weighted by molar-refractivity contribution is -0.278. The van der Waals surface area contributed by atoms with Crippen LogP contribution in [-0.4, -0.2) is 86.1 Å². The Kier molecular flexibility index (Phi) is 8.83. The number of benzene rings is 3. The molecule has 2 heterocycles. The average molecular weight is 625 g/mol. The van der Waals surface area contributed by atoms with Crippen molar-refractivity contribution < 1.29 is 63.9 Å². The van der Waals surface area contributed by atoms with Gasteiger partial charge in [0, 0.05) is 23.8 Å². The van der Waals surface area contributed by atoms with E-state index in [2.05, 4.69) is 0 Å². The fraction of sp³-hybridized carbons (Fsp3) is 0.226. The Morgan fingerprint density at radius 2 is 1.62 bits per heavy atom. The van der Waals surface area contributed by atoms with E-state index in [1.54, 1.807) is 12.1 Å². The molecular weight excluding hydrogens is 596 g/mol. The van der Waals surface area contributed by atoms with Gasteiger partial charge in [0.05, 0.1) is 7.11 Å². The molecule has 45 heavy (non-hydrogen) atoms. The van der Waals surface area contributed by atoms with Crippen molar-refractivity contribution in [3.8, 4) is 45.8 Å². The van der Waals surface area contributed by atoms with E-state index < -0.39 is 71.3 Å². The molecule has 0 unspecified atom stereocenters. The maximum absolute atomic E-state index is 13.7. The Morgan fingerprint density at radius 3 is 2.33 bits per heavy atom. The fourth-order valence-corrected chi connectivity index (χ4v) is 4.61. The van der Waals surface area contributed by atoms with Gasteiger partial charge in [-0.1, -0.05) is 12.1 Å². The largest absolute Gasteiger partial charge is 0.508 e. The summed E-state index contributed by atoms with van der Waals surface area (Å²) >= 11 is 0. The number of ether oxygens (including phenoxy) is 4. The molecule has 0 amide bonds. The second kappa shape index (κ2) is 12.8. The Hall–Kier alpha value is -5.28. The Morgan fingerprint density at radius 1 is 0.889 bits per heavy atom. The second-order valence-electron chi connectivity index (χ2n) is 10.0. The fourth-order valence-electron chi connectivity index (χ4n) is 4.61. The van der Waals surface area contributed by atoms with Gasteiger partial charge in [0.2, 0.25) is 17.5 Å². The molecule has 14 heteroatoms. The molecule has 0 bridgehead atoms. The van der Waals surface area contributed by atoms with Crippen LogP contribution in [0, 0.1) is 0 Å². The second-order valence-corrected chi connectivity index (χ2v) is 10.0. The van der Waals surface area contributed by atoms with E-state index in [1.807, 2.05) is 0 Å². The lowest BCUT2D eigenvalue weighted by Crippen LogP contribution is -2.60. The number of carbonyl (C=O) groups excluding carboxylic acids is 1. The molecule has 7 N–H and O–H groups in total. The van der Waals surface area contributed by atoms with Gasteiger partial charge in [0.1, 0.15) is 59.2 Å². The number of fused-ring (bicyclic) bond motifs is 1. The third-order valence-electron chi connectivity index (χ3n) is 6.96. The SMILES string of the molecule is COc1cc(-c2oc3cc(O)cc(O)c3c(=O)c2O[C@@H]2O[C@H](COC(=O)C=Cc3ccc(O)cc3)[C@@H](O)[C@H](O)[C@H]2O)ccc1O. The zero-order valence-electron chi connectivity index (χ0n) is 23.4. The van der Waals surface area contributed by atoms with Crippen LogP contribution in [0.25, 0.3) is 28.4 Å². The molecule has 0 saturated carbocycles. The Labute approximate surface area is 253 Å². The van der Waals surface area contributed by atoms with Crippen molar-refractivity contribution in [2.45, 2.75) is 30.7 Å². The van der Waals surface area contributed by atoms with E-state index in [9.17, 15) is 45.3 Å². The number of aliphatic hydroxyl groups excluding tert-OH is 3. The number of hydrogen-bond acceptors (Lipinski definition) is 14. The maximum Gasteiger partial charge on any atom is 0.330 e. The van der Waals surface area contributed by atoms with E-state index in [1.165, 1.54) is 43.5 Å². The first-order valence-corrected chi connectivity index (χ1v) is 13.4. The van der Waals surface area contributed by atoms with Crippen molar-refractivity contribution in [2.75, 3.05) is 13.7 Å². The number of methoxy groups -OCH3 is 1. The van der Waals surface area contributed by atoms with Gasteiger partial charge >= 0.3 is 5.97 Å². The van der Waals surface area contributed by atoms with Crippen LogP contribution in [-0.2, 0) is 14.3 Å². The molecule has 1 aliphatic rings. The van der Waals surface area contributed by atoms with Crippen LogP contribution in [0.5, 0.6) is 34.5 Å². The molecule has 1 aromatic heterocycles. The van der Waals surface area contributed by atoms with E-state index in [0.29, 0.717) is 5.56 Å². The van der Waals surface area contributed by atoms with Gasteiger partial charge in [0.25, 0.3) is 0 Å². The van der Waals surface area contributed by atoms with Gasteiger partial charge in [-0.3, -0.25) is 4.79 Å². The molecule has 5 rings (SSSR count). The van der Waals surface area contributed by atoms with E-state index >= 15 is 0 Å². The van der Waals surface area contributed by atoms with Crippen LogP contribution in [0.1, 0.15) is 5.56 Å². The van der Waals surface area contributed by atoms with Crippen LogP contribution >= 0.6 is 0 Å². The highest BCUT2D eigenvalue weighted by Gasteiger charge is 2.46. The summed E-state index contributed by atoms with van der Waals surface area (Å²) < 4.78 is 27.5.